The predicted molar refractivity (Wildman–Crippen MR) is 66.4 cm³/mol. The Labute approximate surface area is 107 Å². The number of hydrogen-bond acceptors (Lipinski definition) is 4. The van der Waals surface area contributed by atoms with Crippen molar-refractivity contribution in [1.82, 2.24) is 10.1 Å². The van der Waals surface area contributed by atoms with Crippen LogP contribution < -0.4 is 0 Å². The van der Waals surface area contributed by atoms with Gasteiger partial charge in [0.2, 0.25) is 0 Å². The second-order valence-electron chi connectivity index (χ2n) is 4.87. The summed E-state index contributed by atoms with van der Waals surface area (Å²) in [6.07, 6.45) is 6.11. The van der Waals surface area contributed by atoms with E-state index in [4.69, 9.17) is 9.63 Å². The molecule has 1 fully saturated rings. The van der Waals surface area contributed by atoms with Gasteiger partial charge in [0.1, 0.15) is 0 Å². The Hall–Kier alpha value is -1.36. The fourth-order valence-electron chi connectivity index (χ4n) is 2.60. The van der Waals surface area contributed by atoms with E-state index in [0.717, 1.165) is 13.0 Å². The molecule has 0 aromatic carbocycles. The first kappa shape index (κ1) is 13.1. The van der Waals surface area contributed by atoms with E-state index in [1.54, 1.807) is 0 Å². The summed E-state index contributed by atoms with van der Waals surface area (Å²) in [4.78, 5) is 13.1. The maximum absolute atomic E-state index is 10.7. The van der Waals surface area contributed by atoms with Crippen LogP contribution in [0.4, 0.5) is 0 Å². The molecule has 5 nitrogen and oxygen atoms in total. The molecule has 0 bridgehead atoms. The second kappa shape index (κ2) is 6.00. The lowest BCUT2D eigenvalue weighted by Gasteiger charge is -2.27. The number of nitrogens with zero attached hydrogens (tertiary/aromatic N) is 2. The van der Waals surface area contributed by atoms with Gasteiger partial charge in [0, 0.05) is 12.1 Å². The molecule has 0 amide bonds. The zero-order chi connectivity index (χ0) is 13.0. The number of carbonyl (C=O) groups is 1. The van der Waals surface area contributed by atoms with E-state index in [9.17, 15) is 4.79 Å². The predicted octanol–water partition coefficient (Wildman–Crippen LogP) is 2.53. The van der Waals surface area contributed by atoms with Gasteiger partial charge in [-0.05, 0) is 25.8 Å². The van der Waals surface area contributed by atoms with Crippen molar-refractivity contribution in [2.45, 2.75) is 51.6 Å². The number of aromatic carboxylic acids is 1. The van der Waals surface area contributed by atoms with Crippen LogP contribution in [0.1, 0.15) is 55.3 Å². The van der Waals surface area contributed by atoms with E-state index < -0.39 is 5.97 Å². The molecule has 1 aliphatic rings. The van der Waals surface area contributed by atoms with Crippen molar-refractivity contribution in [3.05, 3.63) is 17.5 Å². The third-order valence-corrected chi connectivity index (χ3v) is 3.61. The molecule has 2 rings (SSSR count). The lowest BCUT2D eigenvalue weighted by molar-refractivity contribution is 0.0685. The standard InChI is InChI=1S/C13H20N2O3/c1-2-10-6-4-3-5-7-15(10)9-11-8-12(13(16)17)14-18-11/h8,10H,2-7,9H2,1H3,(H,16,17). The van der Waals surface area contributed by atoms with Crippen LogP contribution in [-0.4, -0.2) is 33.7 Å². The molecule has 1 atom stereocenters. The van der Waals surface area contributed by atoms with Gasteiger partial charge in [-0.1, -0.05) is 24.9 Å². The first-order valence-corrected chi connectivity index (χ1v) is 6.63. The number of carboxylic acid groups (broad SMARTS) is 1. The van der Waals surface area contributed by atoms with Crippen molar-refractivity contribution in [3.63, 3.8) is 0 Å². The van der Waals surface area contributed by atoms with Crippen LogP contribution in [0.2, 0.25) is 0 Å². The molecule has 1 unspecified atom stereocenters. The molecule has 0 aliphatic carbocycles. The lowest BCUT2D eigenvalue weighted by atomic mass is 10.1. The molecule has 2 heterocycles. The molecular formula is C13H20N2O3. The highest BCUT2D eigenvalue weighted by molar-refractivity contribution is 5.85. The van der Waals surface area contributed by atoms with Gasteiger partial charge in [0.05, 0.1) is 6.54 Å². The Morgan fingerprint density at radius 3 is 3.06 bits per heavy atom. The van der Waals surface area contributed by atoms with Crippen LogP contribution in [0.15, 0.2) is 10.6 Å². The van der Waals surface area contributed by atoms with Crippen LogP contribution in [0.25, 0.3) is 0 Å². The first-order valence-electron chi connectivity index (χ1n) is 6.63. The third-order valence-electron chi connectivity index (χ3n) is 3.61. The van der Waals surface area contributed by atoms with E-state index in [-0.39, 0.29) is 5.69 Å². The third kappa shape index (κ3) is 3.10. The van der Waals surface area contributed by atoms with Crippen molar-refractivity contribution in [1.29, 1.82) is 0 Å². The van der Waals surface area contributed by atoms with E-state index in [2.05, 4.69) is 17.0 Å². The van der Waals surface area contributed by atoms with Crippen molar-refractivity contribution < 1.29 is 14.4 Å². The summed E-state index contributed by atoms with van der Waals surface area (Å²) in [5.74, 6) is -0.388. The Morgan fingerprint density at radius 2 is 2.39 bits per heavy atom. The average molecular weight is 252 g/mol. The molecule has 0 radical (unpaired) electrons. The van der Waals surface area contributed by atoms with E-state index >= 15 is 0 Å². The summed E-state index contributed by atoms with van der Waals surface area (Å²) in [5.41, 5.74) is -0.00660. The fraction of sp³-hybridized carbons (Fsp3) is 0.692. The summed E-state index contributed by atoms with van der Waals surface area (Å²) >= 11 is 0. The molecule has 100 valence electrons. The van der Waals surface area contributed by atoms with E-state index in [1.165, 1.54) is 31.7 Å². The van der Waals surface area contributed by atoms with Gasteiger partial charge in [-0.2, -0.15) is 0 Å². The topological polar surface area (TPSA) is 66.6 Å². The number of carboxylic acids is 1. The van der Waals surface area contributed by atoms with E-state index in [0.29, 0.717) is 18.3 Å². The molecule has 1 N–H and O–H groups in total. The molecule has 0 saturated carbocycles. The zero-order valence-corrected chi connectivity index (χ0v) is 10.8. The number of likely N-dealkylation sites (tertiary alicyclic amines) is 1. The maximum atomic E-state index is 10.7. The minimum absolute atomic E-state index is 0.00660. The van der Waals surface area contributed by atoms with E-state index in [1.807, 2.05) is 0 Å². The van der Waals surface area contributed by atoms with Crippen LogP contribution in [0.3, 0.4) is 0 Å². The van der Waals surface area contributed by atoms with Gasteiger partial charge in [0.25, 0.3) is 0 Å². The van der Waals surface area contributed by atoms with Gasteiger partial charge in [-0.25, -0.2) is 4.79 Å². The lowest BCUT2D eigenvalue weighted by Crippen LogP contribution is -2.33. The highest BCUT2D eigenvalue weighted by Crippen LogP contribution is 2.21. The number of aromatic nitrogens is 1. The Bertz CT molecular complexity index is 403. The zero-order valence-electron chi connectivity index (χ0n) is 10.8. The molecule has 1 aliphatic heterocycles. The fourth-order valence-corrected chi connectivity index (χ4v) is 2.60. The molecule has 5 heteroatoms. The van der Waals surface area contributed by atoms with Gasteiger partial charge in [-0.3, -0.25) is 4.90 Å². The minimum Gasteiger partial charge on any atom is -0.476 e. The Balaban J connectivity index is 2.02. The first-order chi connectivity index (χ1) is 8.70. The van der Waals surface area contributed by atoms with Gasteiger partial charge in [0.15, 0.2) is 11.5 Å². The Morgan fingerprint density at radius 1 is 1.56 bits per heavy atom. The van der Waals surface area contributed by atoms with Crippen LogP contribution in [0, 0.1) is 0 Å². The summed E-state index contributed by atoms with van der Waals surface area (Å²) in [6, 6.07) is 2.10. The summed E-state index contributed by atoms with van der Waals surface area (Å²) in [7, 11) is 0. The average Bonchev–Trinajstić information content (AvgIpc) is 2.70. The Kier molecular flexibility index (Phi) is 4.36. The summed E-state index contributed by atoms with van der Waals surface area (Å²) in [5, 5.41) is 12.4. The van der Waals surface area contributed by atoms with Crippen molar-refractivity contribution >= 4 is 5.97 Å². The molecule has 18 heavy (non-hydrogen) atoms. The van der Waals surface area contributed by atoms with Gasteiger partial charge >= 0.3 is 5.97 Å². The summed E-state index contributed by atoms with van der Waals surface area (Å²) in [6.45, 7) is 3.92. The normalized spacial score (nSPS) is 21.7. The summed E-state index contributed by atoms with van der Waals surface area (Å²) < 4.78 is 5.09. The van der Waals surface area contributed by atoms with Crippen LogP contribution >= 0.6 is 0 Å². The maximum Gasteiger partial charge on any atom is 0.358 e. The number of hydrogen-bond donors (Lipinski definition) is 1. The SMILES string of the molecule is CCC1CCCCCN1Cc1cc(C(=O)O)no1. The molecular weight excluding hydrogens is 232 g/mol. The molecule has 1 aromatic rings. The molecule has 0 spiro atoms. The van der Waals surface area contributed by atoms with Gasteiger partial charge < -0.3 is 9.63 Å². The molecule has 1 aromatic heterocycles. The van der Waals surface area contributed by atoms with Crippen molar-refractivity contribution in [3.8, 4) is 0 Å². The largest absolute Gasteiger partial charge is 0.476 e. The van der Waals surface area contributed by atoms with Gasteiger partial charge in [-0.15, -0.1) is 0 Å². The van der Waals surface area contributed by atoms with Crippen LogP contribution in [-0.2, 0) is 6.54 Å². The number of rotatable bonds is 4. The van der Waals surface area contributed by atoms with Crippen molar-refractivity contribution in [2.24, 2.45) is 0 Å². The highest BCUT2D eigenvalue weighted by Gasteiger charge is 2.21. The second-order valence-corrected chi connectivity index (χ2v) is 4.87. The molecule has 1 saturated heterocycles. The highest BCUT2D eigenvalue weighted by atomic mass is 16.5. The van der Waals surface area contributed by atoms with Crippen LogP contribution in [0.5, 0.6) is 0 Å². The van der Waals surface area contributed by atoms with Crippen molar-refractivity contribution in [2.75, 3.05) is 6.54 Å². The quantitative estimate of drug-likeness (QED) is 0.891. The smallest absolute Gasteiger partial charge is 0.358 e. The monoisotopic (exact) mass is 252 g/mol. The minimum atomic E-state index is -1.03.